The van der Waals surface area contributed by atoms with Gasteiger partial charge >= 0.3 is 5.97 Å². The van der Waals surface area contributed by atoms with E-state index in [1.807, 2.05) is 0 Å². The van der Waals surface area contributed by atoms with Crippen molar-refractivity contribution in [1.29, 1.82) is 0 Å². The molecule has 4 nitrogen and oxygen atoms in total. The summed E-state index contributed by atoms with van der Waals surface area (Å²) in [6, 6.07) is 0. The van der Waals surface area contributed by atoms with Crippen LogP contribution in [-0.2, 0) is 22.5 Å². The number of methoxy groups -OCH3 is 1. The second kappa shape index (κ2) is 5.67. The van der Waals surface area contributed by atoms with Crippen LogP contribution < -0.4 is 5.73 Å². The van der Waals surface area contributed by atoms with Gasteiger partial charge in [-0.05, 0) is 23.6 Å². The average molecular weight is 244 g/mol. The van der Waals surface area contributed by atoms with Gasteiger partial charge in [-0.15, -0.1) is 0 Å². The number of nitrogens with zero attached hydrogens (tertiary/aromatic N) is 1. The molecule has 0 aliphatic carbocycles. The third kappa shape index (κ3) is 2.97. The smallest absolute Gasteiger partial charge is 0.310 e. The van der Waals surface area contributed by atoms with Gasteiger partial charge in [0.25, 0.3) is 6.43 Å². The summed E-state index contributed by atoms with van der Waals surface area (Å²) in [5.74, 6) is -0.442. The Bertz CT molecular complexity index is 422. The van der Waals surface area contributed by atoms with Gasteiger partial charge in [0.1, 0.15) is 5.69 Å². The average Bonchev–Trinajstić information content (AvgIpc) is 2.30. The van der Waals surface area contributed by atoms with Crippen LogP contribution in [0.4, 0.5) is 8.78 Å². The number of aromatic nitrogens is 1. The SMILES string of the molecule is COC(=O)Cc1cnc(C(F)F)c(CN)c1C. The van der Waals surface area contributed by atoms with Crippen LogP contribution in [0.3, 0.4) is 0 Å². The highest BCUT2D eigenvalue weighted by Crippen LogP contribution is 2.25. The van der Waals surface area contributed by atoms with Gasteiger partial charge in [-0.1, -0.05) is 0 Å². The monoisotopic (exact) mass is 244 g/mol. The molecule has 0 fully saturated rings. The Morgan fingerprint density at radius 3 is 2.71 bits per heavy atom. The lowest BCUT2D eigenvalue weighted by molar-refractivity contribution is -0.139. The van der Waals surface area contributed by atoms with Crippen LogP contribution >= 0.6 is 0 Å². The molecule has 0 amide bonds. The van der Waals surface area contributed by atoms with Crippen LogP contribution in [0, 0.1) is 6.92 Å². The molecule has 1 aromatic rings. The first kappa shape index (κ1) is 13.5. The van der Waals surface area contributed by atoms with Crippen LogP contribution in [-0.4, -0.2) is 18.1 Å². The molecule has 17 heavy (non-hydrogen) atoms. The minimum atomic E-state index is -2.67. The fraction of sp³-hybridized carbons (Fsp3) is 0.455. The van der Waals surface area contributed by atoms with E-state index in [0.717, 1.165) is 0 Å². The minimum Gasteiger partial charge on any atom is -0.469 e. The Morgan fingerprint density at radius 2 is 2.24 bits per heavy atom. The number of hydrogen-bond donors (Lipinski definition) is 1. The fourth-order valence-electron chi connectivity index (χ4n) is 1.56. The number of halogens is 2. The quantitative estimate of drug-likeness (QED) is 0.815. The van der Waals surface area contributed by atoms with E-state index in [9.17, 15) is 13.6 Å². The zero-order valence-electron chi connectivity index (χ0n) is 9.67. The number of ether oxygens (including phenoxy) is 1. The Balaban J connectivity index is 3.15. The zero-order valence-corrected chi connectivity index (χ0v) is 9.67. The molecule has 6 heteroatoms. The number of nitrogens with two attached hydrogens (primary N) is 1. The number of esters is 1. The molecule has 0 saturated heterocycles. The van der Waals surface area contributed by atoms with E-state index >= 15 is 0 Å². The van der Waals surface area contributed by atoms with E-state index in [-0.39, 0.29) is 18.7 Å². The lowest BCUT2D eigenvalue weighted by Crippen LogP contribution is -2.12. The van der Waals surface area contributed by atoms with E-state index < -0.39 is 12.4 Å². The molecule has 0 unspecified atom stereocenters. The predicted octanol–water partition coefficient (Wildman–Crippen LogP) is 1.50. The third-order valence-electron chi connectivity index (χ3n) is 2.58. The van der Waals surface area contributed by atoms with Crippen molar-refractivity contribution in [3.05, 3.63) is 28.6 Å². The highest BCUT2D eigenvalue weighted by molar-refractivity contribution is 5.72. The van der Waals surface area contributed by atoms with Gasteiger partial charge in [-0.2, -0.15) is 0 Å². The standard InChI is InChI=1S/C11H14F2N2O2/c1-6-7(3-9(16)17-2)5-15-10(11(12)13)8(6)4-14/h5,11H,3-4,14H2,1-2H3. The molecule has 1 rings (SSSR count). The molecule has 1 aromatic heterocycles. The first-order valence-electron chi connectivity index (χ1n) is 5.03. The second-order valence-electron chi connectivity index (χ2n) is 3.53. The Morgan fingerprint density at radius 1 is 1.59 bits per heavy atom. The predicted molar refractivity (Wildman–Crippen MR) is 57.5 cm³/mol. The lowest BCUT2D eigenvalue weighted by atomic mass is 10.0. The maximum absolute atomic E-state index is 12.6. The fourth-order valence-corrected chi connectivity index (χ4v) is 1.56. The van der Waals surface area contributed by atoms with Crippen molar-refractivity contribution in [1.82, 2.24) is 4.98 Å². The van der Waals surface area contributed by atoms with Gasteiger partial charge in [-0.25, -0.2) is 8.78 Å². The van der Waals surface area contributed by atoms with Crippen molar-refractivity contribution in [2.75, 3.05) is 7.11 Å². The second-order valence-corrected chi connectivity index (χ2v) is 3.53. The highest BCUT2D eigenvalue weighted by atomic mass is 19.3. The number of pyridine rings is 1. The van der Waals surface area contributed by atoms with E-state index in [1.165, 1.54) is 13.3 Å². The van der Waals surface area contributed by atoms with Gasteiger partial charge < -0.3 is 10.5 Å². The molecule has 0 bridgehead atoms. The van der Waals surface area contributed by atoms with Crippen molar-refractivity contribution >= 4 is 5.97 Å². The van der Waals surface area contributed by atoms with Crippen LogP contribution in [0.25, 0.3) is 0 Å². The zero-order chi connectivity index (χ0) is 13.0. The van der Waals surface area contributed by atoms with Crippen LogP contribution in [0.2, 0.25) is 0 Å². The van der Waals surface area contributed by atoms with E-state index in [4.69, 9.17) is 5.73 Å². The van der Waals surface area contributed by atoms with E-state index in [1.54, 1.807) is 6.92 Å². The normalized spacial score (nSPS) is 10.7. The number of alkyl halides is 2. The van der Waals surface area contributed by atoms with Gasteiger partial charge in [0.05, 0.1) is 13.5 Å². The molecule has 94 valence electrons. The van der Waals surface area contributed by atoms with Gasteiger partial charge in [0, 0.05) is 12.7 Å². The topological polar surface area (TPSA) is 65.2 Å². The summed E-state index contributed by atoms with van der Waals surface area (Å²) in [6.45, 7) is 1.61. The summed E-state index contributed by atoms with van der Waals surface area (Å²) in [6.07, 6.45) is -1.39. The molecule has 2 N–H and O–H groups in total. The summed E-state index contributed by atoms with van der Waals surface area (Å²) < 4.78 is 29.8. The summed E-state index contributed by atoms with van der Waals surface area (Å²) in [5.41, 5.74) is 6.53. The Labute approximate surface area is 97.8 Å². The van der Waals surface area contributed by atoms with E-state index in [2.05, 4.69) is 9.72 Å². The number of rotatable bonds is 4. The maximum Gasteiger partial charge on any atom is 0.310 e. The third-order valence-corrected chi connectivity index (χ3v) is 2.58. The Kier molecular flexibility index (Phi) is 4.51. The van der Waals surface area contributed by atoms with Crippen molar-refractivity contribution in [3.8, 4) is 0 Å². The summed E-state index contributed by atoms with van der Waals surface area (Å²) >= 11 is 0. The van der Waals surface area contributed by atoms with E-state index in [0.29, 0.717) is 16.7 Å². The highest BCUT2D eigenvalue weighted by Gasteiger charge is 2.18. The lowest BCUT2D eigenvalue weighted by Gasteiger charge is -2.13. The molecule has 0 spiro atoms. The maximum atomic E-state index is 12.6. The van der Waals surface area contributed by atoms with Crippen molar-refractivity contribution in [2.45, 2.75) is 26.3 Å². The molecule has 1 heterocycles. The van der Waals surface area contributed by atoms with Crippen LogP contribution in [0.1, 0.15) is 28.8 Å². The molecule has 0 aliphatic rings. The summed E-state index contributed by atoms with van der Waals surface area (Å²) in [7, 11) is 1.27. The molecular weight excluding hydrogens is 230 g/mol. The van der Waals surface area contributed by atoms with Crippen LogP contribution in [0.15, 0.2) is 6.20 Å². The summed E-state index contributed by atoms with van der Waals surface area (Å²) in [5, 5.41) is 0. The molecule has 0 radical (unpaired) electrons. The van der Waals surface area contributed by atoms with Crippen molar-refractivity contribution in [2.24, 2.45) is 5.73 Å². The first-order chi connectivity index (χ1) is 8.01. The number of carbonyl (C=O) groups is 1. The van der Waals surface area contributed by atoms with Crippen LogP contribution in [0.5, 0.6) is 0 Å². The molecule has 0 aliphatic heterocycles. The molecular formula is C11H14F2N2O2. The minimum absolute atomic E-state index is 0.00580. The van der Waals surface area contributed by atoms with Gasteiger partial charge in [-0.3, -0.25) is 9.78 Å². The molecule has 0 atom stereocenters. The van der Waals surface area contributed by atoms with Gasteiger partial charge in [0.15, 0.2) is 0 Å². The largest absolute Gasteiger partial charge is 0.469 e. The number of hydrogen-bond acceptors (Lipinski definition) is 4. The Hall–Kier alpha value is -1.56. The van der Waals surface area contributed by atoms with Gasteiger partial charge in [0.2, 0.25) is 0 Å². The van der Waals surface area contributed by atoms with Crippen molar-refractivity contribution < 1.29 is 18.3 Å². The summed E-state index contributed by atoms with van der Waals surface area (Å²) in [4.78, 5) is 14.8. The number of carbonyl (C=O) groups excluding carboxylic acids is 1. The molecule has 0 aromatic carbocycles. The first-order valence-corrected chi connectivity index (χ1v) is 5.03. The molecule has 0 saturated carbocycles. The van der Waals surface area contributed by atoms with Crippen molar-refractivity contribution in [3.63, 3.8) is 0 Å².